The number of para-hydroxylation sites is 1. The Morgan fingerprint density at radius 3 is 2.74 bits per heavy atom. The molecule has 0 aliphatic rings. The number of aromatic nitrogens is 1. The number of fused-ring (bicyclic) bond motifs is 1. The minimum atomic E-state index is -0.543. The molecule has 0 spiro atoms. The molecule has 1 aromatic heterocycles. The van der Waals surface area contributed by atoms with Gasteiger partial charge in [-0.25, -0.2) is 0 Å². The second-order valence-corrected chi connectivity index (χ2v) is 5.65. The van der Waals surface area contributed by atoms with Gasteiger partial charge in [0.05, 0.1) is 26.8 Å². The number of nitro groups is 1. The molecule has 1 heterocycles. The van der Waals surface area contributed by atoms with Gasteiger partial charge in [-0.1, -0.05) is 18.2 Å². The van der Waals surface area contributed by atoms with Crippen LogP contribution in [0.3, 0.4) is 0 Å². The van der Waals surface area contributed by atoms with Gasteiger partial charge in [0.25, 0.3) is 11.6 Å². The Bertz CT molecular complexity index is 927. The van der Waals surface area contributed by atoms with Crippen molar-refractivity contribution in [3.63, 3.8) is 0 Å². The minimum Gasteiger partial charge on any atom is -0.321 e. The van der Waals surface area contributed by atoms with Crippen LogP contribution < -0.4 is 5.32 Å². The lowest BCUT2D eigenvalue weighted by atomic mass is 10.1. The highest BCUT2D eigenvalue weighted by atomic mass is 79.9. The van der Waals surface area contributed by atoms with Crippen molar-refractivity contribution < 1.29 is 9.72 Å². The van der Waals surface area contributed by atoms with Crippen LogP contribution in [0, 0.1) is 10.1 Å². The minimum absolute atomic E-state index is 0.158. The zero-order chi connectivity index (χ0) is 16.4. The Morgan fingerprint density at radius 2 is 1.96 bits per heavy atom. The zero-order valence-electron chi connectivity index (χ0n) is 11.7. The first-order chi connectivity index (χ1) is 11.0. The molecule has 3 aromatic rings. The van der Waals surface area contributed by atoms with Crippen molar-refractivity contribution in [3.8, 4) is 0 Å². The summed E-state index contributed by atoms with van der Waals surface area (Å²) in [7, 11) is 0. The lowest BCUT2D eigenvalue weighted by Crippen LogP contribution is -2.12. The Hall–Kier alpha value is -2.80. The summed E-state index contributed by atoms with van der Waals surface area (Å²) in [6, 6.07) is 13.6. The molecular formula is C16H10BrN3O3. The summed E-state index contributed by atoms with van der Waals surface area (Å²) in [4.78, 5) is 26.9. The van der Waals surface area contributed by atoms with E-state index in [1.54, 1.807) is 12.3 Å². The molecule has 1 N–H and O–H groups in total. The summed E-state index contributed by atoms with van der Waals surface area (Å²) in [6.07, 6.45) is 1.55. The molecule has 23 heavy (non-hydrogen) atoms. The van der Waals surface area contributed by atoms with Gasteiger partial charge < -0.3 is 5.32 Å². The van der Waals surface area contributed by atoms with Gasteiger partial charge in [-0.3, -0.25) is 19.9 Å². The van der Waals surface area contributed by atoms with Crippen LogP contribution in [-0.4, -0.2) is 15.8 Å². The predicted molar refractivity (Wildman–Crippen MR) is 90.5 cm³/mol. The number of carbonyl (C=O) groups is 1. The van der Waals surface area contributed by atoms with E-state index in [1.165, 1.54) is 18.2 Å². The summed E-state index contributed by atoms with van der Waals surface area (Å²) in [5.74, 6) is -0.433. The van der Waals surface area contributed by atoms with E-state index >= 15 is 0 Å². The van der Waals surface area contributed by atoms with Gasteiger partial charge in [-0.2, -0.15) is 0 Å². The number of nitrogens with zero attached hydrogens (tertiary/aromatic N) is 2. The highest BCUT2D eigenvalue weighted by molar-refractivity contribution is 9.10. The molecule has 0 aliphatic heterocycles. The Balaban J connectivity index is 1.88. The van der Waals surface area contributed by atoms with Crippen molar-refractivity contribution in [2.45, 2.75) is 0 Å². The van der Waals surface area contributed by atoms with Crippen molar-refractivity contribution in [1.29, 1.82) is 0 Å². The van der Waals surface area contributed by atoms with E-state index < -0.39 is 10.8 Å². The van der Waals surface area contributed by atoms with Gasteiger partial charge in [-0.05, 0) is 40.2 Å². The van der Waals surface area contributed by atoms with E-state index in [0.717, 1.165) is 10.9 Å². The number of benzene rings is 2. The van der Waals surface area contributed by atoms with E-state index in [9.17, 15) is 14.9 Å². The molecule has 7 heteroatoms. The molecule has 0 unspecified atom stereocenters. The maximum Gasteiger partial charge on any atom is 0.284 e. The predicted octanol–water partition coefficient (Wildman–Crippen LogP) is 4.16. The fraction of sp³-hybridized carbons (Fsp3) is 0. The summed E-state index contributed by atoms with van der Waals surface area (Å²) < 4.78 is 0.325. The van der Waals surface area contributed by atoms with Crippen LogP contribution in [0.2, 0.25) is 0 Å². The van der Waals surface area contributed by atoms with Gasteiger partial charge in [0.2, 0.25) is 0 Å². The highest BCUT2D eigenvalue weighted by Crippen LogP contribution is 2.26. The van der Waals surface area contributed by atoms with Crippen LogP contribution in [0.4, 0.5) is 11.4 Å². The Labute approximate surface area is 139 Å². The average Bonchev–Trinajstić information content (AvgIpc) is 2.54. The number of carbonyl (C=O) groups excluding carboxylic acids is 1. The number of hydrogen-bond donors (Lipinski definition) is 1. The monoisotopic (exact) mass is 371 g/mol. The fourth-order valence-corrected chi connectivity index (χ4v) is 2.53. The summed E-state index contributed by atoms with van der Waals surface area (Å²) >= 11 is 3.09. The molecule has 0 aliphatic carbocycles. The normalized spacial score (nSPS) is 10.5. The first kappa shape index (κ1) is 15.1. The topological polar surface area (TPSA) is 85.1 Å². The zero-order valence-corrected chi connectivity index (χ0v) is 13.3. The number of anilines is 1. The number of rotatable bonds is 3. The van der Waals surface area contributed by atoms with Crippen LogP contribution in [0.15, 0.2) is 59.2 Å². The van der Waals surface area contributed by atoms with Crippen LogP contribution in [-0.2, 0) is 0 Å². The van der Waals surface area contributed by atoms with Gasteiger partial charge in [-0.15, -0.1) is 0 Å². The van der Waals surface area contributed by atoms with E-state index in [4.69, 9.17) is 0 Å². The van der Waals surface area contributed by atoms with E-state index in [0.29, 0.717) is 10.2 Å². The molecule has 114 valence electrons. The smallest absolute Gasteiger partial charge is 0.284 e. The standard InChI is InChI=1S/C16H10BrN3O3/c17-13-6-5-11(8-15(13)20(22)23)16(21)19-12-7-10-3-1-2-4-14(10)18-9-12/h1-9H,(H,19,21). The SMILES string of the molecule is O=C(Nc1cnc2ccccc2c1)c1ccc(Br)c([N+](=O)[O-])c1. The number of halogens is 1. The number of pyridine rings is 1. The third kappa shape index (κ3) is 3.19. The second kappa shape index (κ2) is 6.13. The molecule has 3 rings (SSSR count). The number of nitro benzene ring substituents is 1. The van der Waals surface area contributed by atoms with Crippen LogP contribution in [0.25, 0.3) is 10.9 Å². The largest absolute Gasteiger partial charge is 0.321 e. The van der Waals surface area contributed by atoms with E-state index in [2.05, 4.69) is 26.2 Å². The summed E-state index contributed by atoms with van der Waals surface area (Å²) in [5.41, 5.74) is 1.39. The molecule has 0 saturated heterocycles. The Kier molecular flexibility index (Phi) is 4.03. The van der Waals surface area contributed by atoms with Crippen molar-refractivity contribution in [2.24, 2.45) is 0 Å². The van der Waals surface area contributed by atoms with E-state index in [1.807, 2.05) is 24.3 Å². The van der Waals surface area contributed by atoms with Crippen molar-refractivity contribution in [3.05, 3.63) is 74.9 Å². The maximum atomic E-state index is 12.3. The lowest BCUT2D eigenvalue weighted by Gasteiger charge is -2.06. The Morgan fingerprint density at radius 1 is 1.17 bits per heavy atom. The number of nitrogens with one attached hydrogen (secondary N) is 1. The van der Waals surface area contributed by atoms with Crippen molar-refractivity contribution in [1.82, 2.24) is 4.98 Å². The molecule has 2 aromatic carbocycles. The molecule has 0 saturated carbocycles. The third-order valence-electron chi connectivity index (χ3n) is 3.25. The molecule has 0 radical (unpaired) electrons. The van der Waals surface area contributed by atoms with Crippen molar-refractivity contribution in [2.75, 3.05) is 5.32 Å². The second-order valence-electron chi connectivity index (χ2n) is 4.79. The van der Waals surface area contributed by atoms with Crippen LogP contribution in [0.1, 0.15) is 10.4 Å². The molecule has 1 amide bonds. The summed E-state index contributed by atoms with van der Waals surface area (Å²) in [6.45, 7) is 0. The molecular weight excluding hydrogens is 362 g/mol. The van der Waals surface area contributed by atoms with Crippen LogP contribution >= 0.6 is 15.9 Å². The number of hydrogen-bond acceptors (Lipinski definition) is 4. The quantitative estimate of drug-likeness (QED) is 0.553. The first-order valence-electron chi connectivity index (χ1n) is 6.65. The summed E-state index contributed by atoms with van der Waals surface area (Å²) in [5, 5.41) is 14.5. The van der Waals surface area contributed by atoms with E-state index in [-0.39, 0.29) is 11.3 Å². The van der Waals surface area contributed by atoms with Crippen LogP contribution in [0.5, 0.6) is 0 Å². The number of amides is 1. The lowest BCUT2D eigenvalue weighted by molar-refractivity contribution is -0.385. The van der Waals surface area contributed by atoms with Gasteiger partial charge in [0.15, 0.2) is 0 Å². The average molecular weight is 372 g/mol. The first-order valence-corrected chi connectivity index (χ1v) is 7.44. The van der Waals surface area contributed by atoms with Crippen molar-refractivity contribution >= 4 is 44.1 Å². The molecule has 0 atom stereocenters. The molecule has 0 bridgehead atoms. The fourth-order valence-electron chi connectivity index (χ4n) is 2.14. The van der Waals surface area contributed by atoms with Gasteiger partial charge in [0, 0.05) is 17.0 Å². The highest BCUT2D eigenvalue weighted by Gasteiger charge is 2.16. The molecule has 6 nitrogen and oxygen atoms in total. The van der Waals surface area contributed by atoms with Gasteiger partial charge in [0.1, 0.15) is 0 Å². The molecule has 0 fully saturated rings. The van der Waals surface area contributed by atoms with Gasteiger partial charge >= 0.3 is 0 Å². The maximum absolute atomic E-state index is 12.3. The third-order valence-corrected chi connectivity index (χ3v) is 3.92.